The highest BCUT2D eigenvalue weighted by atomic mass is 16.5. The van der Waals surface area contributed by atoms with Crippen LogP contribution in [0, 0.1) is 11.3 Å². The maximum absolute atomic E-state index is 12.2. The van der Waals surface area contributed by atoms with Gasteiger partial charge in [0, 0.05) is 36.6 Å². The van der Waals surface area contributed by atoms with Gasteiger partial charge in [-0.1, -0.05) is 31.2 Å². The van der Waals surface area contributed by atoms with Crippen molar-refractivity contribution in [1.82, 2.24) is 4.98 Å². The molecule has 0 bridgehead atoms. The molecule has 4 aliphatic rings. The number of ketones is 1. The molecule has 5 rings (SSSR count). The molecule has 0 fully saturated rings. The van der Waals surface area contributed by atoms with E-state index in [1.54, 1.807) is 0 Å². The van der Waals surface area contributed by atoms with Crippen LogP contribution in [-0.4, -0.2) is 16.9 Å². The summed E-state index contributed by atoms with van der Waals surface area (Å²) >= 11 is 0. The van der Waals surface area contributed by atoms with Gasteiger partial charge in [0.05, 0.1) is 5.57 Å². The highest BCUT2D eigenvalue weighted by Crippen LogP contribution is 2.56. The summed E-state index contributed by atoms with van der Waals surface area (Å²) in [6.45, 7) is 2.30. The van der Waals surface area contributed by atoms with Gasteiger partial charge in [-0.05, 0) is 41.7 Å². The van der Waals surface area contributed by atoms with E-state index >= 15 is 0 Å². The fourth-order valence-electron chi connectivity index (χ4n) is 4.83. The number of allylic oxidation sites excluding steroid dienone is 6. The molecule has 126 valence electrons. The largest absolute Gasteiger partial charge is 0.489 e. The van der Waals surface area contributed by atoms with Gasteiger partial charge in [-0.3, -0.25) is 9.78 Å². The van der Waals surface area contributed by atoms with Gasteiger partial charge in [-0.15, -0.1) is 0 Å². The van der Waals surface area contributed by atoms with E-state index in [1.807, 2.05) is 18.5 Å². The predicted molar refractivity (Wildman–Crippen MR) is 96.4 cm³/mol. The molecule has 3 atom stereocenters. The second-order valence-corrected chi connectivity index (χ2v) is 7.61. The molecule has 3 aliphatic carbocycles. The fourth-order valence-corrected chi connectivity index (χ4v) is 4.83. The first-order valence-corrected chi connectivity index (χ1v) is 9.12. The summed E-state index contributed by atoms with van der Waals surface area (Å²) in [4.78, 5) is 16.5. The molecule has 1 aromatic heterocycles. The quantitative estimate of drug-likeness (QED) is 0.766. The van der Waals surface area contributed by atoms with Gasteiger partial charge in [0.2, 0.25) is 0 Å². The van der Waals surface area contributed by atoms with Crippen molar-refractivity contribution in [2.75, 3.05) is 0 Å². The van der Waals surface area contributed by atoms with Crippen molar-refractivity contribution in [3.63, 3.8) is 0 Å². The van der Waals surface area contributed by atoms with Crippen LogP contribution in [0.5, 0.6) is 0 Å². The lowest BCUT2D eigenvalue weighted by Gasteiger charge is -2.43. The Hall–Kier alpha value is -2.42. The molecule has 0 N–H and O–H groups in total. The average Bonchev–Trinajstić information content (AvgIpc) is 2.99. The molecule has 2 heterocycles. The Balaban J connectivity index is 1.54. The molecule has 0 saturated heterocycles. The Morgan fingerprint density at radius 1 is 1.32 bits per heavy atom. The van der Waals surface area contributed by atoms with Gasteiger partial charge >= 0.3 is 0 Å². The molecule has 3 heteroatoms. The van der Waals surface area contributed by atoms with Crippen molar-refractivity contribution < 1.29 is 9.53 Å². The zero-order chi connectivity index (χ0) is 17.0. The van der Waals surface area contributed by atoms with E-state index in [1.165, 1.54) is 11.1 Å². The molecule has 0 unspecified atom stereocenters. The minimum Gasteiger partial charge on any atom is -0.489 e. The first-order valence-electron chi connectivity index (χ1n) is 9.12. The molecule has 0 aromatic carbocycles. The summed E-state index contributed by atoms with van der Waals surface area (Å²) in [5.74, 6) is 1.51. The standard InChI is InChI=1S/C22H21NO2/c1-22-10-9-14-12-16-19(24)5-2-6-20(16)25-21(14)18(22)8-7-17(22)15-4-3-11-23-13-15/h3-4,7,9-13,18,21H,2,5-6,8H2,1H3/t18-,21+,22+/m0/s1. The van der Waals surface area contributed by atoms with Gasteiger partial charge < -0.3 is 4.74 Å². The molecule has 1 aliphatic heterocycles. The number of hydrogen-bond acceptors (Lipinski definition) is 3. The number of carbonyl (C=O) groups is 1. The van der Waals surface area contributed by atoms with Crippen LogP contribution in [-0.2, 0) is 9.53 Å². The van der Waals surface area contributed by atoms with Crippen molar-refractivity contribution in [3.8, 4) is 0 Å². The van der Waals surface area contributed by atoms with Crippen LogP contribution in [0.25, 0.3) is 5.57 Å². The minimum atomic E-state index is -0.0538. The molecule has 1 aromatic rings. The van der Waals surface area contributed by atoms with Crippen molar-refractivity contribution in [2.24, 2.45) is 11.3 Å². The highest BCUT2D eigenvalue weighted by molar-refractivity contribution is 5.99. The Labute approximate surface area is 147 Å². The lowest BCUT2D eigenvalue weighted by atomic mass is 9.66. The van der Waals surface area contributed by atoms with Crippen LogP contribution in [0.2, 0.25) is 0 Å². The smallest absolute Gasteiger partial charge is 0.166 e. The summed E-state index contributed by atoms with van der Waals surface area (Å²) in [6.07, 6.45) is 16.1. The number of ether oxygens (including phenoxy) is 1. The molecule has 0 spiro atoms. The highest BCUT2D eigenvalue weighted by Gasteiger charge is 2.49. The number of rotatable bonds is 1. The molecule has 0 radical (unpaired) electrons. The van der Waals surface area contributed by atoms with Gasteiger partial charge in [-0.2, -0.15) is 0 Å². The van der Waals surface area contributed by atoms with E-state index in [4.69, 9.17) is 4.74 Å². The lowest BCUT2D eigenvalue weighted by Crippen LogP contribution is -2.40. The van der Waals surface area contributed by atoms with E-state index in [-0.39, 0.29) is 17.3 Å². The number of carbonyl (C=O) groups excluding carboxylic acids is 1. The van der Waals surface area contributed by atoms with E-state index in [0.29, 0.717) is 12.3 Å². The second-order valence-electron chi connectivity index (χ2n) is 7.61. The average molecular weight is 331 g/mol. The molecular formula is C22H21NO2. The summed E-state index contributed by atoms with van der Waals surface area (Å²) in [5.41, 5.74) is 4.43. The van der Waals surface area contributed by atoms with Gasteiger partial charge in [0.15, 0.2) is 5.78 Å². The van der Waals surface area contributed by atoms with E-state index in [0.717, 1.165) is 36.2 Å². The number of pyridine rings is 1. The number of hydrogen-bond donors (Lipinski definition) is 0. The van der Waals surface area contributed by atoms with Crippen molar-refractivity contribution >= 4 is 11.4 Å². The van der Waals surface area contributed by atoms with Gasteiger partial charge in [-0.25, -0.2) is 0 Å². The van der Waals surface area contributed by atoms with Crippen LogP contribution in [0.1, 0.15) is 38.2 Å². The maximum Gasteiger partial charge on any atom is 0.166 e. The normalized spacial score (nSPS) is 33.1. The van der Waals surface area contributed by atoms with E-state index in [2.05, 4.69) is 42.3 Å². The second kappa shape index (κ2) is 5.29. The summed E-state index contributed by atoms with van der Waals surface area (Å²) in [5, 5.41) is 0. The van der Waals surface area contributed by atoms with Crippen LogP contribution in [0.4, 0.5) is 0 Å². The number of Topliss-reactive ketones (excluding diaryl/α,β-unsaturated/α-hetero) is 1. The van der Waals surface area contributed by atoms with E-state index < -0.39 is 0 Å². The first kappa shape index (κ1) is 14.9. The van der Waals surface area contributed by atoms with Crippen LogP contribution in [0.15, 0.2) is 65.7 Å². The molecule has 0 saturated carbocycles. The maximum atomic E-state index is 12.2. The third kappa shape index (κ3) is 2.11. The monoisotopic (exact) mass is 331 g/mol. The third-order valence-electron chi connectivity index (χ3n) is 6.20. The Kier molecular flexibility index (Phi) is 3.15. The Morgan fingerprint density at radius 2 is 2.24 bits per heavy atom. The zero-order valence-electron chi connectivity index (χ0n) is 14.4. The van der Waals surface area contributed by atoms with Crippen molar-refractivity contribution in [3.05, 3.63) is 71.3 Å². The molecule has 25 heavy (non-hydrogen) atoms. The third-order valence-corrected chi connectivity index (χ3v) is 6.20. The lowest BCUT2D eigenvalue weighted by molar-refractivity contribution is -0.116. The number of aromatic nitrogens is 1. The van der Waals surface area contributed by atoms with Gasteiger partial charge in [0.1, 0.15) is 11.9 Å². The van der Waals surface area contributed by atoms with E-state index in [9.17, 15) is 4.79 Å². The number of nitrogens with zero attached hydrogens (tertiary/aromatic N) is 1. The summed E-state index contributed by atoms with van der Waals surface area (Å²) < 4.78 is 6.42. The summed E-state index contributed by atoms with van der Waals surface area (Å²) in [6, 6.07) is 4.13. The Bertz CT molecular complexity index is 875. The fraction of sp³-hybridized carbons (Fsp3) is 0.364. The molecule has 0 amide bonds. The van der Waals surface area contributed by atoms with Gasteiger partial charge in [0.25, 0.3) is 0 Å². The number of fused-ring (bicyclic) bond motifs is 3. The Morgan fingerprint density at radius 3 is 3.08 bits per heavy atom. The molecule has 3 nitrogen and oxygen atoms in total. The van der Waals surface area contributed by atoms with Crippen molar-refractivity contribution in [2.45, 2.75) is 38.7 Å². The van der Waals surface area contributed by atoms with Crippen LogP contribution in [0.3, 0.4) is 0 Å². The van der Waals surface area contributed by atoms with Crippen molar-refractivity contribution in [1.29, 1.82) is 0 Å². The zero-order valence-corrected chi connectivity index (χ0v) is 14.4. The molecular weight excluding hydrogens is 310 g/mol. The van der Waals surface area contributed by atoms with Crippen LogP contribution >= 0.6 is 0 Å². The minimum absolute atomic E-state index is 0.0464. The van der Waals surface area contributed by atoms with Crippen LogP contribution < -0.4 is 0 Å². The SMILES string of the molecule is C[C@]12C=CC3=CC4=C(CCCC4=O)O[C@H]3[C@@H]1CC=C2c1cccnc1. The topological polar surface area (TPSA) is 39.2 Å². The summed E-state index contributed by atoms with van der Waals surface area (Å²) in [7, 11) is 0. The predicted octanol–water partition coefficient (Wildman–Crippen LogP) is 4.39. The first-order chi connectivity index (χ1) is 12.2.